The molecule has 0 amide bonds. The third-order valence-corrected chi connectivity index (χ3v) is 12.4. The van der Waals surface area contributed by atoms with Crippen LogP contribution in [0.5, 0.6) is 5.75 Å². The van der Waals surface area contributed by atoms with Crippen molar-refractivity contribution in [3.8, 4) is 5.75 Å². The number of nitrogens with zero attached hydrogens (tertiary/aromatic N) is 2. The summed E-state index contributed by atoms with van der Waals surface area (Å²) in [5.41, 5.74) is 0.907. The number of piperidine rings is 1. The molecule has 0 unspecified atom stereocenters. The zero-order valence-corrected chi connectivity index (χ0v) is 20.7. The third kappa shape index (κ3) is 5.77. The average molecular weight is 466 g/mol. The number of benzene rings is 1. The fourth-order valence-corrected chi connectivity index (χ4v) is 5.68. The molecule has 0 radical (unpaired) electrons. The number of aromatic nitrogens is 1. The Labute approximate surface area is 186 Å². The first-order valence-corrected chi connectivity index (χ1v) is 15.0. The van der Waals surface area contributed by atoms with Gasteiger partial charge >= 0.3 is 0 Å². The van der Waals surface area contributed by atoms with Crippen LogP contribution in [-0.2, 0) is 10.0 Å². The SMILES string of the molecule is CC(C)(C)[Si](C)(C)Oc1ccc(NS(=O)(=O)C2CCN(c3ccc(F)cc3)CC2)nc1. The molecule has 0 saturated carbocycles. The van der Waals surface area contributed by atoms with Gasteiger partial charge in [0.1, 0.15) is 17.4 Å². The van der Waals surface area contributed by atoms with Gasteiger partial charge in [-0.05, 0) is 67.4 Å². The van der Waals surface area contributed by atoms with Crippen LogP contribution < -0.4 is 14.0 Å². The van der Waals surface area contributed by atoms with Gasteiger partial charge in [0.05, 0.1) is 11.4 Å². The summed E-state index contributed by atoms with van der Waals surface area (Å²) in [6.07, 6.45) is 2.58. The Bertz CT molecular complexity index is 982. The van der Waals surface area contributed by atoms with Crippen molar-refractivity contribution in [2.24, 2.45) is 0 Å². The molecule has 0 bridgehead atoms. The molecule has 9 heteroatoms. The summed E-state index contributed by atoms with van der Waals surface area (Å²) in [6, 6.07) is 9.70. The molecule has 1 aliphatic heterocycles. The summed E-state index contributed by atoms with van der Waals surface area (Å²) >= 11 is 0. The zero-order valence-electron chi connectivity index (χ0n) is 18.9. The predicted molar refractivity (Wildman–Crippen MR) is 126 cm³/mol. The maximum absolute atomic E-state index is 13.1. The van der Waals surface area contributed by atoms with Crippen molar-refractivity contribution in [1.29, 1.82) is 0 Å². The normalized spacial score (nSPS) is 16.3. The monoisotopic (exact) mass is 465 g/mol. The third-order valence-electron chi connectivity index (χ3n) is 6.23. The summed E-state index contributed by atoms with van der Waals surface area (Å²) in [4.78, 5) is 6.34. The highest BCUT2D eigenvalue weighted by atomic mass is 32.2. The van der Waals surface area contributed by atoms with Crippen LogP contribution in [0.4, 0.5) is 15.9 Å². The van der Waals surface area contributed by atoms with E-state index in [1.54, 1.807) is 30.5 Å². The number of anilines is 2. The summed E-state index contributed by atoms with van der Waals surface area (Å²) in [5, 5.41) is -0.426. The van der Waals surface area contributed by atoms with Crippen LogP contribution in [0, 0.1) is 5.82 Å². The van der Waals surface area contributed by atoms with Crippen molar-refractivity contribution < 1.29 is 17.2 Å². The maximum atomic E-state index is 13.1. The van der Waals surface area contributed by atoms with E-state index >= 15 is 0 Å². The molecule has 0 atom stereocenters. The minimum Gasteiger partial charge on any atom is -0.542 e. The van der Waals surface area contributed by atoms with Gasteiger partial charge in [-0.2, -0.15) is 0 Å². The molecule has 6 nitrogen and oxygen atoms in total. The number of nitrogens with one attached hydrogen (secondary N) is 1. The van der Waals surface area contributed by atoms with Crippen LogP contribution in [0.2, 0.25) is 18.1 Å². The van der Waals surface area contributed by atoms with Crippen LogP contribution in [0.3, 0.4) is 0 Å². The van der Waals surface area contributed by atoms with Gasteiger partial charge in [-0.1, -0.05) is 20.8 Å². The molecule has 2 heterocycles. The number of pyridine rings is 1. The van der Waals surface area contributed by atoms with Crippen molar-refractivity contribution in [2.75, 3.05) is 22.7 Å². The molecular weight excluding hydrogens is 433 g/mol. The number of hydrogen-bond acceptors (Lipinski definition) is 5. The van der Waals surface area contributed by atoms with Gasteiger partial charge in [-0.15, -0.1) is 0 Å². The second-order valence-corrected chi connectivity index (χ2v) is 16.2. The molecule has 0 aliphatic carbocycles. The van der Waals surface area contributed by atoms with E-state index in [1.807, 2.05) is 0 Å². The number of rotatable bonds is 6. The van der Waals surface area contributed by atoms with E-state index in [2.05, 4.69) is 48.5 Å². The molecule has 1 N–H and O–H groups in total. The molecule has 0 spiro atoms. The van der Waals surface area contributed by atoms with Gasteiger partial charge in [0, 0.05) is 18.8 Å². The molecule has 2 aromatic rings. The standard InChI is InChI=1S/C22H32FN3O3SSi/c1-22(2,3)31(4,5)29-19-10-11-21(24-16-19)25-30(27,28)20-12-14-26(15-13-20)18-8-6-17(23)7-9-18/h6-11,16,20H,12-15H2,1-5H3,(H,24,25). The maximum Gasteiger partial charge on any atom is 0.250 e. The Morgan fingerprint density at radius 3 is 2.23 bits per heavy atom. The second kappa shape index (κ2) is 8.78. The first-order chi connectivity index (χ1) is 14.4. The zero-order chi connectivity index (χ0) is 22.9. The van der Waals surface area contributed by atoms with E-state index in [4.69, 9.17) is 4.43 Å². The Hall–Kier alpha value is -2.13. The van der Waals surface area contributed by atoms with Crippen molar-refractivity contribution >= 4 is 29.8 Å². The Morgan fingerprint density at radius 1 is 1.10 bits per heavy atom. The fraction of sp³-hybridized carbons (Fsp3) is 0.500. The highest BCUT2D eigenvalue weighted by molar-refractivity contribution is 7.93. The quantitative estimate of drug-likeness (QED) is 0.607. The van der Waals surface area contributed by atoms with E-state index in [1.165, 1.54) is 12.1 Å². The number of sulfonamides is 1. The molecular formula is C22H32FN3O3SSi. The van der Waals surface area contributed by atoms with Crippen LogP contribution in [0.25, 0.3) is 0 Å². The van der Waals surface area contributed by atoms with Crippen LogP contribution in [-0.4, -0.2) is 40.1 Å². The molecule has 3 rings (SSSR count). The van der Waals surface area contributed by atoms with Gasteiger partial charge < -0.3 is 9.33 Å². The average Bonchev–Trinajstić information content (AvgIpc) is 2.69. The Balaban J connectivity index is 1.59. The summed E-state index contributed by atoms with van der Waals surface area (Å²) in [5.74, 6) is 0.671. The second-order valence-electron chi connectivity index (χ2n) is 9.55. The van der Waals surface area contributed by atoms with E-state index < -0.39 is 23.6 Å². The molecule has 31 heavy (non-hydrogen) atoms. The molecule has 1 aromatic carbocycles. The van der Waals surface area contributed by atoms with Crippen LogP contribution in [0.15, 0.2) is 42.6 Å². The first kappa shape index (κ1) is 23.5. The van der Waals surface area contributed by atoms with Crippen LogP contribution >= 0.6 is 0 Å². The van der Waals surface area contributed by atoms with Gasteiger partial charge in [-0.25, -0.2) is 17.8 Å². The van der Waals surface area contributed by atoms with Gasteiger partial charge in [0.2, 0.25) is 10.0 Å². The molecule has 170 valence electrons. The van der Waals surface area contributed by atoms with E-state index in [0.29, 0.717) is 37.5 Å². The highest BCUT2D eigenvalue weighted by Gasteiger charge is 2.39. The number of halogens is 1. The first-order valence-electron chi connectivity index (χ1n) is 10.5. The van der Waals surface area contributed by atoms with Crippen molar-refractivity contribution in [3.63, 3.8) is 0 Å². The van der Waals surface area contributed by atoms with E-state index in [9.17, 15) is 12.8 Å². The molecule has 1 saturated heterocycles. The predicted octanol–water partition coefficient (Wildman–Crippen LogP) is 5.02. The lowest BCUT2D eigenvalue weighted by atomic mass is 10.1. The van der Waals surface area contributed by atoms with Gasteiger partial charge in [-0.3, -0.25) is 4.72 Å². The minimum atomic E-state index is -3.55. The lowest BCUT2D eigenvalue weighted by molar-refractivity contribution is 0.490. The summed E-state index contributed by atoms with van der Waals surface area (Å²) < 4.78 is 47.6. The lowest BCUT2D eigenvalue weighted by Gasteiger charge is -2.36. The van der Waals surface area contributed by atoms with Crippen molar-refractivity contribution in [1.82, 2.24) is 4.98 Å². The Kier molecular flexibility index (Phi) is 6.66. The van der Waals surface area contributed by atoms with E-state index in [-0.39, 0.29) is 10.9 Å². The fourth-order valence-electron chi connectivity index (χ4n) is 3.25. The minimum absolute atomic E-state index is 0.0655. The summed E-state index contributed by atoms with van der Waals surface area (Å²) in [7, 11) is -5.53. The lowest BCUT2D eigenvalue weighted by Crippen LogP contribution is -2.43. The van der Waals surface area contributed by atoms with E-state index in [0.717, 1.165) is 5.69 Å². The van der Waals surface area contributed by atoms with Crippen LogP contribution in [0.1, 0.15) is 33.6 Å². The Morgan fingerprint density at radius 2 is 1.71 bits per heavy atom. The van der Waals surface area contributed by atoms with Crippen molar-refractivity contribution in [3.05, 3.63) is 48.4 Å². The molecule has 1 aliphatic rings. The highest BCUT2D eigenvalue weighted by Crippen LogP contribution is 2.37. The topological polar surface area (TPSA) is 71.5 Å². The molecule has 1 aromatic heterocycles. The summed E-state index contributed by atoms with van der Waals surface area (Å²) in [6.45, 7) is 12.0. The smallest absolute Gasteiger partial charge is 0.250 e. The molecule has 1 fully saturated rings. The largest absolute Gasteiger partial charge is 0.542 e. The van der Waals surface area contributed by atoms with Gasteiger partial charge in [0.25, 0.3) is 8.32 Å². The number of hydrogen-bond donors (Lipinski definition) is 1. The van der Waals surface area contributed by atoms with Crippen molar-refractivity contribution in [2.45, 2.75) is 57.0 Å². The van der Waals surface area contributed by atoms with Gasteiger partial charge in [0.15, 0.2) is 0 Å².